The predicted octanol–water partition coefficient (Wildman–Crippen LogP) is 2.76. The molecule has 0 saturated carbocycles. The van der Waals surface area contributed by atoms with Crippen LogP contribution in [0.4, 0.5) is 0 Å². The summed E-state index contributed by atoms with van der Waals surface area (Å²) in [6.45, 7) is 11.4. The zero-order chi connectivity index (χ0) is 9.40. The Morgan fingerprint density at radius 3 is 2.42 bits per heavy atom. The second-order valence-corrected chi connectivity index (χ2v) is 5.23. The van der Waals surface area contributed by atoms with Crippen LogP contribution in [0.5, 0.6) is 0 Å². The van der Waals surface area contributed by atoms with Crippen LogP contribution in [0, 0.1) is 5.92 Å². The van der Waals surface area contributed by atoms with Crippen molar-refractivity contribution in [3.63, 3.8) is 0 Å². The number of thioether (sulfide) groups is 1. The molecule has 0 aliphatic carbocycles. The summed E-state index contributed by atoms with van der Waals surface area (Å²) < 4.78 is 0. The van der Waals surface area contributed by atoms with E-state index in [4.69, 9.17) is 0 Å². The van der Waals surface area contributed by atoms with Crippen LogP contribution in [0.15, 0.2) is 0 Å². The van der Waals surface area contributed by atoms with Gasteiger partial charge < -0.3 is 5.32 Å². The van der Waals surface area contributed by atoms with Gasteiger partial charge in [0.05, 0.1) is 0 Å². The van der Waals surface area contributed by atoms with Crippen molar-refractivity contribution in [2.75, 3.05) is 18.8 Å². The number of nitrogens with one attached hydrogen (secondary N) is 1. The van der Waals surface area contributed by atoms with Gasteiger partial charge in [-0.2, -0.15) is 11.8 Å². The molecule has 0 aromatic heterocycles. The van der Waals surface area contributed by atoms with Gasteiger partial charge in [-0.1, -0.05) is 27.7 Å². The van der Waals surface area contributed by atoms with Gasteiger partial charge in [0.15, 0.2) is 0 Å². The SMILES string of the molecule is CCC(C)SCCNCC(C)C. The number of hydrogen-bond acceptors (Lipinski definition) is 2. The summed E-state index contributed by atoms with van der Waals surface area (Å²) >= 11 is 2.07. The molecule has 1 atom stereocenters. The molecule has 0 fully saturated rings. The maximum atomic E-state index is 3.44. The average molecular weight is 189 g/mol. The summed E-state index contributed by atoms with van der Waals surface area (Å²) in [6.07, 6.45) is 1.29. The van der Waals surface area contributed by atoms with E-state index in [1.165, 1.54) is 12.2 Å². The van der Waals surface area contributed by atoms with Gasteiger partial charge in [-0.3, -0.25) is 0 Å². The number of hydrogen-bond donors (Lipinski definition) is 1. The zero-order valence-electron chi connectivity index (χ0n) is 8.89. The van der Waals surface area contributed by atoms with E-state index in [1.54, 1.807) is 0 Å². The number of rotatable bonds is 7. The largest absolute Gasteiger partial charge is 0.316 e. The van der Waals surface area contributed by atoms with Crippen molar-refractivity contribution >= 4 is 11.8 Å². The highest BCUT2D eigenvalue weighted by atomic mass is 32.2. The van der Waals surface area contributed by atoms with Gasteiger partial charge in [-0.05, 0) is 18.9 Å². The van der Waals surface area contributed by atoms with E-state index in [2.05, 4.69) is 44.8 Å². The Kier molecular flexibility index (Phi) is 8.14. The molecule has 0 heterocycles. The van der Waals surface area contributed by atoms with E-state index in [0.29, 0.717) is 0 Å². The first-order valence-corrected chi connectivity index (χ1v) is 6.04. The Hall–Kier alpha value is 0.310. The molecule has 2 heteroatoms. The van der Waals surface area contributed by atoms with Crippen molar-refractivity contribution in [3.8, 4) is 0 Å². The fourth-order valence-corrected chi connectivity index (χ4v) is 1.74. The van der Waals surface area contributed by atoms with Crippen molar-refractivity contribution in [3.05, 3.63) is 0 Å². The summed E-state index contributed by atoms with van der Waals surface area (Å²) in [5.41, 5.74) is 0. The van der Waals surface area contributed by atoms with Crippen LogP contribution in [0.3, 0.4) is 0 Å². The van der Waals surface area contributed by atoms with Gasteiger partial charge in [0, 0.05) is 17.5 Å². The van der Waals surface area contributed by atoms with Crippen LogP contribution in [0.1, 0.15) is 34.1 Å². The van der Waals surface area contributed by atoms with Gasteiger partial charge in [-0.25, -0.2) is 0 Å². The first-order valence-electron chi connectivity index (χ1n) is 4.99. The molecule has 0 bridgehead atoms. The molecule has 0 aromatic rings. The lowest BCUT2D eigenvalue weighted by Gasteiger charge is -2.09. The van der Waals surface area contributed by atoms with Gasteiger partial charge in [0.1, 0.15) is 0 Å². The van der Waals surface area contributed by atoms with Gasteiger partial charge in [0.2, 0.25) is 0 Å². The summed E-state index contributed by atoms with van der Waals surface area (Å²) in [5.74, 6) is 2.03. The normalized spacial score (nSPS) is 13.8. The third-order valence-electron chi connectivity index (χ3n) is 1.81. The first-order chi connectivity index (χ1) is 5.66. The van der Waals surface area contributed by atoms with Crippen LogP contribution >= 0.6 is 11.8 Å². The average Bonchev–Trinajstić information content (AvgIpc) is 2.03. The molecule has 12 heavy (non-hydrogen) atoms. The molecule has 0 saturated heterocycles. The molecule has 0 aliphatic rings. The van der Waals surface area contributed by atoms with E-state index in [1.807, 2.05) is 0 Å². The highest BCUT2D eigenvalue weighted by Gasteiger charge is 1.98. The first kappa shape index (κ1) is 12.3. The molecular weight excluding hydrogens is 166 g/mol. The molecular formula is C10H23NS. The Bertz CT molecular complexity index is 93.8. The van der Waals surface area contributed by atoms with E-state index in [-0.39, 0.29) is 0 Å². The third kappa shape index (κ3) is 8.41. The molecule has 0 aliphatic heterocycles. The quantitative estimate of drug-likeness (QED) is 0.618. The Labute approximate surface area is 81.7 Å². The van der Waals surface area contributed by atoms with E-state index >= 15 is 0 Å². The summed E-state index contributed by atoms with van der Waals surface area (Å²) in [6, 6.07) is 0. The molecule has 1 unspecified atom stereocenters. The Balaban J connectivity index is 3.00. The standard InChI is InChI=1S/C10H23NS/c1-5-10(4)12-7-6-11-8-9(2)3/h9-11H,5-8H2,1-4H3. The van der Waals surface area contributed by atoms with E-state index < -0.39 is 0 Å². The maximum absolute atomic E-state index is 3.44. The fraction of sp³-hybridized carbons (Fsp3) is 1.00. The summed E-state index contributed by atoms with van der Waals surface area (Å²) in [4.78, 5) is 0. The topological polar surface area (TPSA) is 12.0 Å². The molecule has 1 N–H and O–H groups in total. The lowest BCUT2D eigenvalue weighted by molar-refractivity contribution is 0.568. The van der Waals surface area contributed by atoms with Crippen molar-refractivity contribution in [1.29, 1.82) is 0 Å². The second-order valence-electron chi connectivity index (χ2n) is 3.69. The van der Waals surface area contributed by atoms with Crippen molar-refractivity contribution in [2.45, 2.75) is 39.4 Å². The molecule has 0 rings (SSSR count). The third-order valence-corrected chi connectivity index (χ3v) is 3.15. The van der Waals surface area contributed by atoms with Crippen LogP contribution in [0.2, 0.25) is 0 Å². The highest BCUT2D eigenvalue weighted by molar-refractivity contribution is 7.99. The molecule has 74 valence electrons. The second kappa shape index (κ2) is 7.93. The lowest BCUT2D eigenvalue weighted by atomic mass is 10.2. The molecule has 0 spiro atoms. The minimum atomic E-state index is 0.776. The predicted molar refractivity (Wildman–Crippen MR) is 59.9 cm³/mol. The van der Waals surface area contributed by atoms with Crippen molar-refractivity contribution in [1.82, 2.24) is 5.32 Å². The van der Waals surface area contributed by atoms with Crippen LogP contribution < -0.4 is 5.32 Å². The summed E-state index contributed by atoms with van der Waals surface area (Å²) in [7, 11) is 0. The van der Waals surface area contributed by atoms with Crippen molar-refractivity contribution < 1.29 is 0 Å². The van der Waals surface area contributed by atoms with Crippen molar-refractivity contribution in [2.24, 2.45) is 5.92 Å². The molecule has 0 radical (unpaired) electrons. The minimum absolute atomic E-state index is 0.776. The highest BCUT2D eigenvalue weighted by Crippen LogP contribution is 2.11. The minimum Gasteiger partial charge on any atom is -0.316 e. The molecule has 1 nitrogen and oxygen atoms in total. The smallest absolute Gasteiger partial charge is 0.00607 e. The lowest BCUT2D eigenvalue weighted by Crippen LogP contribution is -2.22. The van der Waals surface area contributed by atoms with Crippen LogP contribution in [-0.2, 0) is 0 Å². The van der Waals surface area contributed by atoms with Crippen LogP contribution in [0.25, 0.3) is 0 Å². The Morgan fingerprint density at radius 1 is 1.25 bits per heavy atom. The Morgan fingerprint density at radius 2 is 1.92 bits per heavy atom. The van der Waals surface area contributed by atoms with E-state index in [0.717, 1.165) is 24.3 Å². The van der Waals surface area contributed by atoms with Crippen LogP contribution in [-0.4, -0.2) is 24.1 Å². The summed E-state index contributed by atoms with van der Waals surface area (Å²) in [5, 5.41) is 4.27. The molecule has 0 aromatic carbocycles. The maximum Gasteiger partial charge on any atom is 0.00607 e. The monoisotopic (exact) mass is 189 g/mol. The zero-order valence-corrected chi connectivity index (χ0v) is 9.71. The van der Waals surface area contributed by atoms with Gasteiger partial charge in [0.25, 0.3) is 0 Å². The fourth-order valence-electron chi connectivity index (χ4n) is 0.841. The molecule has 0 amide bonds. The van der Waals surface area contributed by atoms with Gasteiger partial charge in [-0.15, -0.1) is 0 Å². The van der Waals surface area contributed by atoms with Gasteiger partial charge >= 0.3 is 0 Å². The van der Waals surface area contributed by atoms with E-state index in [9.17, 15) is 0 Å².